The molecule has 2 heterocycles. The van der Waals surface area contributed by atoms with E-state index >= 15 is 0 Å². The number of ether oxygens (including phenoxy) is 1. The molecule has 0 unspecified atom stereocenters. The van der Waals surface area contributed by atoms with Crippen molar-refractivity contribution in [3.63, 3.8) is 0 Å². The van der Waals surface area contributed by atoms with Gasteiger partial charge in [-0.2, -0.15) is 5.26 Å². The summed E-state index contributed by atoms with van der Waals surface area (Å²) in [6.07, 6.45) is 2.00. The maximum Gasteiger partial charge on any atom is 0.311 e. The minimum Gasteiger partial charge on any atom is -0.455 e. The number of esters is 1. The maximum absolute atomic E-state index is 12.3. The van der Waals surface area contributed by atoms with Crippen molar-refractivity contribution in [1.82, 2.24) is 0 Å². The number of nitriles is 1. The number of carbonyl (C=O) groups is 3. The van der Waals surface area contributed by atoms with Gasteiger partial charge in [0.15, 0.2) is 6.61 Å². The standard InChI is InChI=1S/C19H17N3O4S2/c1-27-15-4-2-3-14(8-15)22-10-13(7-17(22)24)19(25)26-11-16(23)21-18-12(9-20)5-6-28-18/h2-6,8,13H,7,10-11H2,1H3,(H,21,23)/t13-/m0/s1. The first kappa shape index (κ1) is 19.9. The fourth-order valence-corrected chi connectivity index (χ4v) is 4.01. The van der Waals surface area contributed by atoms with Crippen LogP contribution in [0.2, 0.25) is 0 Å². The van der Waals surface area contributed by atoms with Gasteiger partial charge in [-0.3, -0.25) is 14.4 Å². The zero-order valence-electron chi connectivity index (χ0n) is 15.0. The smallest absolute Gasteiger partial charge is 0.311 e. The Kier molecular flexibility index (Phi) is 6.34. The number of thioether (sulfide) groups is 1. The minimum atomic E-state index is -0.616. The molecule has 1 fully saturated rings. The zero-order chi connectivity index (χ0) is 20.1. The summed E-state index contributed by atoms with van der Waals surface area (Å²) in [4.78, 5) is 39.1. The van der Waals surface area contributed by atoms with Crippen LogP contribution in [-0.4, -0.2) is 37.2 Å². The van der Waals surface area contributed by atoms with Crippen molar-refractivity contribution in [2.24, 2.45) is 5.92 Å². The molecule has 1 N–H and O–H groups in total. The van der Waals surface area contributed by atoms with Crippen molar-refractivity contribution in [2.45, 2.75) is 11.3 Å². The summed E-state index contributed by atoms with van der Waals surface area (Å²) in [6.45, 7) is -0.241. The van der Waals surface area contributed by atoms with Gasteiger partial charge in [0.05, 0.1) is 11.5 Å². The van der Waals surface area contributed by atoms with Gasteiger partial charge in [-0.05, 0) is 35.9 Å². The lowest BCUT2D eigenvalue weighted by atomic mass is 10.1. The molecule has 1 aliphatic heterocycles. The Balaban J connectivity index is 1.54. The van der Waals surface area contributed by atoms with E-state index in [1.807, 2.05) is 36.6 Å². The van der Waals surface area contributed by atoms with Crippen molar-refractivity contribution < 1.29 is 19.1 Å². The molecule has 1 aliphatic rings. The number of amides is 2. The number of hydrogen-bond acceptors (Lipinski definition) is 7. The van der Waals surface area contributed by atoms with Crippen LogP contribution in [0.15, 0.2) is 40.6 Å². The molecular formula is C19H17N3O4S2. The largest absolute Gasteiger partial charge is 0.455 e. The van der Waals surface area contributed by atoms with E-state index in [0.29, 0.717) is 10.6 Å². The van der Waals surface area contributed by atoms with Gasteiger partial charge in [0, 0.05) is 23.5 Å². The third-order valence-electron chi connectivity index (χ3n) is 4.21. The first-order valence-corrected chi connectivity index (χ1v) is 10.5. The highest BCUT2D eigenvalue weighted by Crippen LogP contribution is 2.28. The molecular weight excluding hydrogens is 398 g/mol. The number of anilines is 2. The van der Waals surface area contributed by atoms with Gasteiger partial charge in [-0.1, -0.05) is 6.07 Å². The number of carbonyl (C=O) groups excluding carboxylic acids is 3. The second-order valence-electron chi connectivity index (χ2n) is 6.04. The molecule has 1 aromatic carbocycles. The average molecular weight is 415 g/mol. The molecule has 1 atom stereocenters. The van der Waals surface area contributed by atoms with Crippen molar-refractivity contribution in [3.05, 3.63) is 41.3 Å². The fourth-order valence-electron chi connectivity index (χ4n) is 2.80. The lowest BCUT2D eigenvalue weighted by Crippen LogP contribution is -2.28. The highest BCUT2D eigenvalue weighted by atomic mass is 32.2. The van der Waals surface area contributed by atoms with Crippen molar-refractivity contribution >= 4 is 51.6 Å². The fraction of sp³-hybridized carbons (Fsp3) is 0.263. The summed E-state index contributed by atoms with van der Waals surface area (Å²) in [5.74, 6) is -1.88. The van der Waals surface area contributed by atoms with Crippen LogP contribution in [0, 0.1) is 17.2 Å². The molecule has 144 valence electrons. The van der Waals surface area contributed by atoms with Gasteiger partial charge < -0.3 is 15.0 Å². The molecule has 2 aromatic rings. The van der Waals surface area contributed by atoms with Crippen molar-refractivity contribution in [3.8, 4) is 6.07 Å². The quantitative estimate of drug-likeness (QED) is 0.575. The topological polar surface area (TPSA) is 99.5 Å². The van der Waals surface area contributed by atoms with Crippen LogP contribution in [0.3, 0.4) is 0 Å². The Morgan fingerprint density at radius 2 is 2.25 bits per heavy atom. The Hall–Kier alpha value is -2.83. The van der Waals surface area contributed by atoms with Crippen LogP contribution in [-0.2, 0) is 19.1 Å². The van der Waals surface area contributed by atoms with Crippen molar-refractivity contribution in [2.75, 3.05) is 29.6 Å². The first-order valence-electron chi connectivity index (χ1n) is 8.40. The highest BCUT2D eigenvalue weighted by molar-refractivity contribution is 7.98. The summed E-state index contributed by atoms with van der Waals surface area (Å²) >= 11 is 2.79. The Morgan fingerprint density at radius 1 is 1.43 bits per heavy atom. The zero-order valence-corrected chi connectivity index (χ0v) is 16.6. The number of nitrogens with zero attached hydrogens (tertiary/aromatic N) is 2. The lowest BCUT2D eigenvalue weighted by molar-refractivity contribution is -0.151. The normalized spacial score (nSPS) is 15.9. The Labute approximate surface area is 170 Å². The van der Waals surface area contributed by atoms with E-state index in [1.165, 1.54) is 11.3 Å². The summed E-state index contributed by atoms with van der Waals surface area (Å²) in [5, 5.41) is 13.6. The van der Waals surface area contributed by atoms with E-state index in [-0.39, 0.29) is 18.9 Å². The van der Waals surface area contributed by atoms with E-state index in [4.69, 9.17) is 10.00 Å². The van der Waals surface area contributed by atoms with Crippen molar-refractivity contribution in [1.29, 1.82) is 5.26 Å². The summed E-state index contributed by atoms with van der Waals surface area (Å²) < 4.78 is 5.08. The van der Waals surface area contributed by atoms with E-state index in [1.54, 1.807) is 28.1 Å². The molecule has 1 aromatic heterocycles. The van der Waals surface area contributed by atoms with Gasteiger partial charge in [0.2, 0.25) is 5.91 Å². The first-order chi connectivity index (χ1) is 13.5. The monoisotopic (exact) mass is 415 g/mol. The van der Waals surface area contributed by atoms with Crippen LogP contribution in [0.4, 0.5) is 10.7 Å². The second kappa shape index (κ2) is 8.91. The molecule has 0 aliphatic carbocycles. The van der Waals surface area contributed by atoms with Crippen LogP contribution >= 0.6 is 23.1 Å². The highest BCUT2D eigenvalue weighted by Gasteiger charge is 2.36. The molecule has 7 nitrogen and oxygen atoms in total. The summed E-state index contributed by atoms with van der Waals surface area (Å²) in [5.41, 5.74) is 1.10. The van der Waals surface area contributed by atoms with Gasteiger partial charge in [0.25, 0.3) is 5.91 Å². The summed E-state index contributed by atoms with van der Waals surface area (Å²) in [7, 11) is 0. The molecule has 3 rings (SSSR count). The third-order valence-corrected chi connectivity index (χ3v) is 5.76. The molecule has 1 saturated heterocycles. The van der Waals surface area contributed by atoms with E-state index in [0.717, 1.165) is 10.6 Å². The van der Waals surface area contributed by atoms with Crippen LogP contribution in [0.1, 0.15) is 12.0 Å². The van der Waals surface area contributed by atoms with Gasteiger partial charge in [0.1, 0.15) is 11.1 Å². The predicted octanol–water partition coefficient (Wildman–Crippen LogP) is 2.88. The Morgan fingerprint density at radius 3 is 3.00 bits per heavy atom. The van der Waals surface area contributed by atoms with Crippen LogP contribution in [0.5, 0.6) is 0 Å². The molecule has 0 spiro atoms. The molecule has 9 heteroatoms. The number of thiophene rings is 1. The van der Waals surface area contributed by atoms with Crippen LogP contribution in [0.25, 0.3) is 0 Å². The van der Waals surface area contributed by atoms with E-state index in [9.17, 15) is 14.4 Å². The van der Waals surface area contributed by atoms with E-state index in [2.05, 4.69) is 5.32 Å². The van der Waals surface area contributed by atoms with Gasteiger partial charge >= 0.3 is 5.97 Å². The number of nitrogens with one attached hydrogen (secondary N) is 1. The average Bonchev–Trinajstić information content (AvgIpc) is 3.32. The third kappa shape index (κ3) is 4.52. The number of hydrogen-bond donors (Lipinski definition) is 1. The Bertz CT molecular complexity index is 951. The molecule has 0 bridgehead atoms. The predicted molar refractivity (Wildman–Crippen MR) is 107 cm³/mol. The number of benzene rings is 1. The van der Waals surface area contributed by atoms with Crippen LogP contribution < -0.4 is 10.2 Å². The minimum absolute atomic E-state index is 0.0491. The summed E-state index contributed by atoms with van der Waals surface area (Å²) in [6, 6.07) is 11.1. The lowest BCUT2D eigenvalue weighted by Gasteiger charge is -2.17. The molecule has 0 radical (unpaired) electrons. The van der Waals surface area contributed by atoms with E-state index < -0.39 is 24.4 Å². The maximum atomic E-state index is 12.3. The van der Waals surface area contributed by atoms with Gasteiger partial charge in [-0.25, -0.2) is 0 Å². The molecule has 28 heavy (non-hydrogen) atoms. The second-order valence-corrected chi connectivity index (χ2v) is 7.83. The number of rotatable bonds is 6. The van der Waals surface area contributed by atoms with Gasteiger partial charge in [-0.15, -0.1) is 23.1 Å². The SMILES string of the molecule is CSc1cccc(N2C[C@@H](C(=O)OCC(=O)Nc3sccc3C#N)CC2=O)c1. The molecule has 0 saturated carbocycles. The molecule has 2 amide bonds.